The second-order valence-electron chi connectivity index (χ2n) is 8.64. The van der Waals surface area contributed by atoms with Crippen LogP contribution < -0.4 is 28.7 Å². The van der Waals surface area contributed by atoms with Crippen molar-refractivity contribution in [3.63, 3.8) is 0 Å². The summed E-state index contributed by atoms with van der Waals surface area (Å²) in [6.45, 7) is -0.214. The number of aliphatic hydroxyl groups excluding tert-OH is 4. The average molecular weight is 452 g/mol. The van der Waals surface area contributed by atoms with E-state index in [0.29, 0.717) is 19.4 Å². The van der Waals surface area contributed by atoms with E-state index in [1.165, 1.54) is 0 Å². The van der Waals surface area contributed by atoms with Gasteiger partial charge in [0.25, 0.3) is 0 Å². The molecule has 31 heavy (non-hydrogen) atoms. The quantitative estimate of drug-likeness (QED) is 0.183. The molecule has 0 aromatic rings. The first-order valence-corrected chi connectivity index (χ1v) is 10.7. The maximum absolute atomic E-state index is 11.0. The van der Waals surface area contributed by atoms with Crippen LogP contribution in [0.3, 0.4) is 0 Å². The summed E-state index contributed by atoms with van der Waals surface area (Å²) >= 11 is 0. The van der Waals surface area contributed by atoms with E-state index in [2.05, 4.69) is 0 Å². The van der Waals surface area contributed by atoms with Crippen molar-refractivity contribution < 1.29 is 39.4 Å². The number of aliphatic hydroxyl groups is 4. The molecule has 3 fully saturated rings. The maximum atomic E-state index is 11.0. The van der Waals surface area contributed by atoms with Gasteiger partial charge in [0.15, 0.2) is 12.6 Å². The molecule has 2 saturated heterocycles. The highest BCUT2D eigenvalue weighted by molar-refractivity contribution is 5.00. The Hall–Kier alpha value is -0.520. The Morgan fingerprint density at radius 2 is 1.39 bits per heavy atom. The first-order chi connectivity index (χ1) is 14.7. The van der Waals surface area contributed by atoms with Crippen molar-refractivity contribution in [3.8, 4) is 0 Å². The predicted octanol–water partition coefficient (Wildman–Crippen LogP) is -5.27. The van der Waals surface area contributed by atoms with Crippen molar-refractivity contribution in [3.05, 3.63) is 0 Å². The van der Waals surface area contributed by atoms with Gasteiger partial charge in [0.05, 0.1) is 24.8 Å². The SMILES string of the molecule is NCC1CC[C@H](N)[C@@H](OC2C(N)CC(N)[C@@H](O[C@@H]3OC(CO)[C@H](O)C(N)[C@@H]3O)[C@H]2O)O1. The number of ether oxygens (including phenoxy) is 4. The minimum atomic E-state index is -1.41. The third-order valence-electron chi connectivity index (χ3n) is 6.34. The fourth-order valence-electron chi connectivity index (χ4n) is 4.36. The molecule has 13 heteroatoms. The van der Waals surface area contributed by atoms with Crippen molar-refractivity contribution in [2.75, 3.05) is 13.2 Å². The van der Waals surface area contributed by atoms with E-state index in [9.17, 15) is 20.4 Å². The third kappa shape index (κ3) is 5.35. The maximum Gasteiger partial charge on any atom is 0.186 e. The van der Waals surface area contributed by atoms with Crippen molar-refractivity contribution in [1.29, 1.82) is 0 Å². The van der Waals surface area contributed by atoms with E-state index < -0.39 is 80.0 Å². The highest BCUT2D eigenvalue weighted by atomic mass is 16.7. The van der Waals surface area contributed by atoms with Crippen LogP contribution in [0.25, 0.3) is 0 Å². The highest BCUT2D eigenvalue weighted by Crippen LogP contribution is 2.30. The van der Waals surface area contributed by atoms with Crippen LogP contribution in [0.1, 0.15) is 19.3 Å². The van der Waals surface area contributed by atoms with Crippen LogP contribution in [-0.2, 0) is 18.9 Å². The van der Waals surface area contributed by atoms with E-state index in [1.807, 2.05) is 0 Å². The summed E-state index contributed by atoms with van der Waals surface area (Å²) in [5.41, 5.74) is 30.0. The summed E-state index contributed by atoms with van der Waals surface area (Å²) < 4.78 is 23.0. The van der Waals surface area contributed by atoms with Gasteiger partial charge in [-0.15, -0.1) is 0 Å². The Kier molecular flexibility index (Phi) is 8.59. The standard InChI is InChI=1S/C18H37N5O8/c19-4-6-1-2-7(20)17(28-6)30-15-8(21)3-9(22)16(14(15)27)31-18-13(26)11(23)12(25)10(5-24)29-18/h6-18,24-27H,1-5,19-23H2/t6?,7-,8?,9?,10?,11?,12-,13-,14-,15?,16+,17+,18-/m0/s1. The Morgan fingerprint density at radius 1 is 0.774 bits per heavy atom. The highest BCUT2D eigenvalue weighted by Gasteiger charge is 2.49. The average Bonchev–Trinajstić information content (AvgIpc) is 2.75. The summed E-state index contributed by atoms with van der Waals surface area (Å²) in [5, 5.41) is 40.7. The van der Waals surface area contributed by atoms with Crippen molar-refractivity contribution in [2.24, 2.45) is 28.7 Å². The molecule has 13 atom stereocenters. The lowest BCUT2D eigenvalue weighted by molar-refractivity contribution is -0.313. The smallest absolute Gasteiger partial charge is 0.186 e. The summed E-state index contributed by atoms with van der Waals surface area (Å²) in [5.74, 6) is 0. The molecule has 0 amide bonds. The first-order valence-electron chi connectivity index (χ1n) is 10.7. The van der Waals surface area contributed by atoms with Crippen LogP contribution in [0.5, 0.6) is 0 Å². The topological polar surface area (TPSA) is 248 Å². The third-order valence-corrected chi connectivity index (χ3v) is 6.34. The number of nitrogens with two attached hydrogens (primary N) is 5. The lowest BCUT2D eigenvalue weighted by Gasteiger charge is -2.47. The number of rotatable bonds is 6. The van der Waals surface area contributed by atoms with E-state index >= 15 is 0 Å². The largest absolute Gasteiger partial charge is 0.394 e. The molecule has 6 unspecified atom stereocenters. The zero-order valence-corrected chi connectivity index (χ0v) is 17.3. The predicted molar refractivity (Wildman–Crippen MR) is 107 cm³/mol. The second-order valence-corrected chi connectivity index (χ2v) is 8.64. The summed E-state index contributed by atoms with van der Waals surface area (Å²) in [7, 11) is 0. The van der Waals surface area contributed by atoms with Gasteiger partial charge in [-0.3, -0.25) is 0 Å². The van der Waals surface area contributed by atoms with E-state index in [4.69, 9.17) is 47.6 Å². The van der Waals surface area contributed by atoms with Gasteiger partial charge in [0.2, 0.25) is 0 Å². The molecule has 14 N–H and O–H groups in total. The molecule has 1 aliphatic carbocycles. The zero-order chi connectivity index (χ0) is 22.9. The van der Waals surface area contributed by atoms with Crippen LogP contribution in [-0.4, -0.2) is 113 Å². The van der Waals surface area contributed by atoms with Gasteiger partial charge in [0, 0.05) is 18.6 Å². The minimum Gasteiger partial charge on any atom is -0.394 e. The van der Waals surface area contributed by atoms with Crippen LogP contribution >= 0.6 is 0 Å². The van der Waals surface area contributed by atoms with Gasteiger partial charge in [-0.1, -0.05) is 0 Å². The van der Waals surface area contributed by atoms with Gasteiger partial charge in [-0.25, -0.2) is 0 Å². The number of hydrogen-bond donors (Lipinski definition) is 9. The van der Waals surface area contributed by atoms with Gasteiger partial charge >= 0.3 is 0 Å². The Labute approximate surface area is 180 Å². The van der Waals surface area contributed by atoms with E-state index in [0.717, 1.165) is 0 Å². The molecular formula is C18H37N5O8. The second kappa shape index (κ2) is 10.6. The van der Waals surface area contributed by atoms with Gasteiger partial charge in [-0.05, 0) is 19.3 Å². The van der Waals surface area contributed by atoms with E-state index in [1.54, 1.807) is 0 Å². The van der Waals surface area contributed by atoms with Gasteiger partial charge in [0.1, 0.15) is 36.6 Å². The molecule has 0 aromatic heterocycles. The molecular weight excluding hydrogens is 414 g/mol. The molecule has 0 aromatic carbocycles. The Morgan fingerprint density at radius 3 is 1.97 bits per heavy atom. The normalized spacial score (nSPS) is 51.6. The molecule has 182 valence electrons. The lowest BCUT2D eigenvalue weighted by atomic mass is 9.84. The minimum absolute atomic E-state index is 0.204. The molecule has 1 saturated carbocycles. The fraction of sp³-hybridized carbons (Fsp3) is 1.00. The first kappa shape index (κ1) is 25.1. The monoisotopic (exact) mass is 451 g/mol. The molecule has 0 radical (unpaired) electrons. The van der Waals surface area contributed by atoms with Crippen LogP contribution in [0.15, 0.2) is 0 Å². The molecule has 13 nitrogen and oxygen atoms in total. The Balaban J connectivity index is 1.69. The van der Waals surface area contributed by atoms with E-state index in [-0.39, 0.29) is 12.5 Å². The van der Waals surface area contributed by atoms with Gasteiger partial charge in [-0.2, -0.15) is 0 Å². The van der Waals surface area contributed by atoms with Crippen LogP contribution in [0.2, 0.25) is 0 Å². The summed E-state index contributed by atoms with van der Waals surface area (Å²) in [6.07, 6.45) is -7.72. The molecule has 2 heterocycles. The molecule has 0 bridgehead atoms. The van der Waals surface area contributed by atoms with Crippen LogP contribution in [0, 0.1) is 0 Å². The number of hydrogen-bond acceptors (Lipinski definition) is 13. The summed E-state index contributed by atoms with van der Waals surface area (Å²) in [4.78, 5) is 0. The molecule has 3 aliphatic rings. The molecule has 3 rings (SSSR count). The lowest BCUT2D eigenvalue weighted by Crippen LogP contribution is -2.68. The Bertz CT molecular complexity index is 577. The summed E-state index contributed by atoms with van der Waals surface area (Å²) in [6, 6.07) is -2.85. The van der Waals surface area contributed by atoms with Crippen molar-refractivity contribution in [2.45, 2.75) is 98.7 Å². The van der Waals surface area contributed by atoms with Gasteiger partial charge < -0.3 is 68.0 Å². The van der Waals surface area contributed by atoms with Crippen molar-refractivity contribution in [1.82, 2.24) is 0 Å². The fourth-order valence-corrected chi connectivity index (χ4v) is 4.36. The van der Waals surface area contributed by atoms with Crippen molar-refractivity contribution >= 4 is 0 Å². The molecule has 0 spiro atoms. The zero-order valence-electron chi connectivity index (χ0n) is 17.3. The van der Waals surface area contributed by atoms with Crippen LogP contribution in [0.4, 0.5) is 0 Å². The molecule has 2 aliphatic heterocycles.